The lowest BCUT2D eigenvalue weighted by Gasteiger charge is -2.36. The molecule has 8 nitrogen and oxygen atoms in total. The fourth-order valence-electron chi connectivity index (χ4n) is 8.63. The second kappa shape index (κ2) is 54.9. The van der Waals surface area contributed by atoms with E-state index in [4.69, 9.17) is 26.6 Å². The van der Waals surface area contributed by atoms with E-state index >= 15 is 0 Å². The summed E-state index contributed by atoms with van der Waals surface area (Å²) in [4.78, 5) is 0. The molecule has 0 aliphatic carbocycles. The van der Waals surface area contributed by atoms with E-state index in [1.165, 1.54) is 153 Å². The van der Waals surface area contributed by atoms with Gasteiger partial charge in [0.05, 0.1) is 53.9 Å². The van der Waals surface area contributed by atoms with E-state index in [9.17, 15) is 0 Å². The smallest absolute Gasteiger partial charge is 0.501 e. The quantitative estimate of drug-likeness (QED) is 0.0344. The van der Waals surface area contributed by atoms with Crippen molar-refractivity contribution in [1.29, 1.82) is 0 Å². The lowest BCUT2D eigenvalue weighted by molar-refractivity contribution is -0.910. The van der Waals surface area contributed by atoms with Crippen molar-refractivity contribution in [3.05, 3.63) is 0 Å². The van der Waals surface area contributed by atoms with Crippen molar-refractivity contribution in [2.45, 2.75) is 280 Å². The van der Waals surface area contributed by atoms with E-state index in [1.807, 2.05) is 0 Å². The Morgan fingerprint density at radius 1 is 0.246 bits per heavy atom. The largest absolute Gasteiger partial charge is 1.00 e. The average Bonchev–Trinajstić information content (AvgIpc) is 3.30. The van der Waals surface area contributed by atoms with Crippen molar-refractivity contribution in [2.75, 3.05) is 93.5 Å². The summed E-state index contributed by atoms with van der Waals surface area (Å²) in [6.07, 6.45) is 40.5. The van der Waals surface area contributed by atoms with Gasteiger partial charge in [-0.3, -0.25) is 0 Å². The lowest BCUT2D eigenvalue weighted by atomic mass is 10.1. The van der Waals surface area contributed by atoms with Gasteiger partial charge in [0.1, 0.15) is 0 Å². The van der Waals surface area contributed by atoms with E-state index in [-0.39, 0.29) is 24.8 Å². The summed E-state index contributed by atoms with van der Waals surface area (Å²) >= 11 is 0. The summed E-state index contributed by atoms with van der Waals surface area (Å²) in [5.74, 6) is 0. The van der Waals surface area contributed by atoms with Gasteiger partial charge in [-0.1, -0.05) is 178 Å². The van der Waals surface area contributed by atoms with E-state index < -0.39 is 17.6 Å². The second-order valence-corrected chi connectivity index (χ2v) is 26.7. The van der Waals surface area contributed by atoms with Gasteiger partial charge in [-0.15, -0.1) is 0 Å². The van der Waals surface area contributed by atoms with Gasteiger partial charge in [0, 0.05) is 64.6 Å². The minimum Gasteiger partial charge on any atom is -1.00 e. The van der Waals surface area contributed by atoms with Crippen molar-refractivity contribution >= 4 is 17.6 Å². The van der Waals surface area contributed by atoms with Gasteiger partial charge in [0.25, 0.3) is 0 Å². The minimum atomic E-state index is -2.62. The molecule has 0 radical (unpaired) electrons. The third kappa shape index (κ3) is 48.1. The van der Waals surface area contributed by atoms with Gasteiger partial charge in [-0.05, 0) is 77.0 Å². The second-order valence-electron chi connectivity index (χ2n) is 21.3. The van der Waals surface area contributed by atoms with Crippen LogP contribution in [0.15, 0.2) is 0 Å². The Hall–Kier alpha value is 0.694. The molecule has 0 aliphatic heterocycles. The van der Waals surface area contributed by atoms with Gasteiger partial charge < -0.3 is 60.3 Å². The zero-order valence-electron chi connectivity index (χ0n) is 48.9. The molecule has 0 aromatic rings. The fraction of sp³-hybridized carbons (Fsp3) is 1.00. The van der Waals surface area contributed by atoms with Crippen molar-refractivity contribution in [1.82, 2.24) is 0 Å². The number of hydrogen-bond donors (Lipinski definition) is 0. The zero-order chi connectivity index (χ0) is 50.1. The molecule has 69 heavy (non-hydrogen) atoms. The molecule has 0 fully saturated rings. The summed E-state index contributed by atoms with van der Waals surface area (Å²) < 4.78 is 41.1. The Labute approximate surface area is 449 Å². The summed E-state index contributed by atoms with van der Waals surface area (Å²) in [7, 11) is 2.09. The predicted octanol–water partition coefficient (Wildman–Crippen LogP) is 11.1. The number of quaternary nitrogens is 2. The molecule has 0 unspecified atom stereocenters. The normalized spacial score (nSPS) is 12.2. The molecule has 0 aliphatic rings. The maximum Gasteiger partial charge on any atom is 0.501 e. The van der Waals surface area contributed by atoms with Crippen LogP contribution in [0.5, 0.6) is 0 Å². The fourth-order valence-corrected chi connectivity index (χ4v) is 13.9. The maximum atomic E-state index is 6.54. The van der Waals surface area contributed by atoms with Crippen molar-refractivity contribution in [2.24, 2.45) is 0 Å². The molecule has 422 valence electrons. The third-order valence-corrected chi connectivity index (χ3v) is 19.4. The Bertz CT molecular complexity index is 923. The highest BCUT2D eigenvalue weighted by Crippen LogP contribution is 2.24. The average molecular weight is 1060 g/mol. The van der Waals surface area contributed by atoms with Crippen LogP contribution in [0.2, 0.25) is 12.1 Å². The molecule has 0 heterocycles. The van der Waals surface area contributed by atoms with Gasteiger partial charge in [0.2, 0.25) is 0 Å². The van der Waals surface area contributed by atoms with Crippen LogP contribution in [0, 0.1) is 0 Å². The minimum absolute atomic E-state index is 0. The van der Waals surface area contributed by atoms with Crippen LogP contribution in [0.4, 0.5) is 0 Å². The molecule has 0 N–H and O–H groups in total. The van der Waals surface area contributed by atoms with Crippen LogP contribution < -0.4 is 24.8 Å². The standard InChI is InChI=1S/C32H70NO3Si.C25H56NO3Si.2ClH/c1-7-12-17-19-21-23-26-33(6,27-24-22-20-18-13-8-2)28-25-32-37(34-29-14-9-3,35-30-15-10-4)36-31-16-11-5;1-7-11-15-16-17-18-20-26(5,6)21-19-25-30(27-22-12-8-2,28-23-13-9-3)29-24-14-10-4;;/h7-32H2,1-6H3;7-25H2,1-6H3;2*1H/q2*+1;;/p-2. The number of halogens is 2. The third-order valence-electron chi connectivity index (χ3n) is 13.6. The molecule has 0 aromatic heterocycles. The van der Waals surface area contributed by atoms with E-state index in [0.29, 0.717) is 0 Å². The SMILES string of the molecule is CCCCCCCC[N+](C)(C)CCC[Si](OCCCC)(OCCCC)OCCCC.CCCCCCCC[N+](C)(CCCCCCCC)CCC[Si](OCCCC)(OCCCC)OCCCC.[Cl-].[Cl-]. The number of nitrogens with zero attached hydrogens (tertiary/aromatic N) is 2. The number of hydrogen-bond acceptors (Lipinski definition) is 6. The molecule has 12 heteroatoms. The summed E-state index contributed by atoms with van der Waals surface area (Å²) in [5, 5.41) is 0. The van der Waals surface area contributed by atoms with Crippen LogP contribution >= 0.6 is 0 Å². The zero-order valence-corrected chi connectivity index (χ0v) is 52.4. The van der Waals surface area contributed by atoms with Crippen LogP contribution in [-0.2, 0) is 26.6 Å². The van der Waals surface area contributed by atoms with Crippen molar-refractivity contribution in [3.63, 3.8) is 0 Å². The topological polar surface area (TPSA) is 55.4 Å². The summed E-state index contributed by atoms with van der Waals surface area (Å²) in [5.41, 5.74) is 0. The maximum absolute atomic E-state index is 6.54. The Kier molecular flexibility index (Phi) is 60.7. The van der Waals surface area contributed by atoms with Crippen LogP contribution in [-0.4, -0.2) is 120 Å². The van der Waals surface area contributed by atoms with Gasteiger partial charge in [-0.25, -0.2) is 0 Å². The van der Waals surface area contributed by atoms with Gasteiger partial charge >= 0.3 is 17.6 Å². The first-order valence-electron chi connectivity index (χ1n) is 30.0. The molecule has 0 amide bonds. The first-order valence-corrected chi connectivity index (χ1v) is 33.8. The van der Waals surface area contributed by atoms with Crippen molar-refractivity contribution in [3.8, 4) is 0 Å². The monoisotopic (exact) mass is 1060 g/mol. The van der Waals surface area contributed by atoms with Crippen molar-refractivity contribution < 1.29 is 60.3 Å². The molecule has 0 aromatic carbocycles. The molecule has 0 saturated heterocycles. The van der Waals surface area contributed by atoms with E-state index in [0.717, 1.165) is 146 Å². The highest BCUT2D eigenvalue weighted by Gasteiger charge is 2.42. The molecule has 0 saturated carbocycles. The molecular weight excluding hydrogens is 936 g/mol. The highest BCUT2D eigenvalue weighted by atomic mass is 35.5. The van der Waals surface area contributed by atoms with Gasteiger partial charge in [0.15, 0.2) is 0 Å². The lowest BCUT2D eigenvalue weighted by Crippen LogP contribution is -3.00. The molecule has 0 spiro atoms. The van der Waals surface area contributed by atoms with Crippen LogP contribution in [0.1, 0.15) is 268 Å². The Morgan fingerprint density at radius 3 is 0.725 bits per heavy atom. The predicted molar refractivity (Wildman–Crippen MR) is 298 cm³/mol. The first kappa shape index (κ1) is 76.2. The first-order chi connectivity index (χ1) is 32.5. The van der Waals surface area contributed by atoms with Crippen LogP contribution in [0.3, 0.4) is 0 Å². The van der Waals surface area contributed by atoms with Gasteiger partial charge in [-0.2, -0.15) is 0 Å². The van der Waals surface area contributed by atoms with Crippen LogP contribution in [0.25, 0.3) is 0 Å². The summed E-state index contributed by atoms with van der Waals surface area (Å²) in [6, 6.07) is 1.94. The van der Waals surface area contributed by atoms with E-state index in [2.05, 4.69) is 83.5 Å². The molecule has 0 bridgehead atoms. The number of unbranched alkanes of at least 4 members (excludes halogenated alkanes) is 21. The number of rotatable bonds is 53. The Balaban J connectivity index is -0.000000607. The van der Waals surface area contributed by atoms with E-state index in [1.54, 1.807) is 0 Å². The molecule has 0 rings (SSSR count). The summed E-state index contributed by atoms with van der Waals surface area (Å²) in [6.45, 7) is 31.2. The molecule has 0 atom stereocenters. The molecular formula is C57H126Cl2N2O6Si2. The Morgan fingerprint density at radius 2 is 0.449 bits per heavy atom. The highest BCUT2D eigenvalue weighted by molar-refractivity contribution is 6.61.